The van der Waals surface area contributed by atoms with Crippen molar-refractivity contribution in [1.29, 1.82) is 0 Å². The highest BCUT2D eigenvalue weighted by Crippen LogP contribution is 2.35. The van der Waals surface area contributed by atoms with Gasteiger partial charge in [0.15, 0.2) is 0 Å². The number of carbonyl (C=O) groups excluding carboxylic acids is 2. The monoisotopic (exact) mass is 450 g/mol. The molecule has 0 aromatic heterocycles. The second-order valence-electron chi connectivity index (χ2n) is 9.43. The Balaban J connectivity index is 2.66. The van der Waals surface area contributed by atoms with Gasteiger partial charge in [-0.1, -0.05) is 104 Å². The molecular weight excluding hydrogens is 400 g/mol. The van der Waals surface area contributed by atoms with Crippen molar-refractivity contribution in [1.82, 2.24) is 0 Å². The summed E-state index contributed by atoms with van der Waals surface area (Å²) >= 11 is 0. The summed E-state index contributed by atoms with van der Waals surface area (Å²) in [7, 11) is 0. The average Bonchev–Trinajstić information content (AvgIpc) is 3.31. The number of ether oxygens (including phenoxy) is 2. The minimum absolute atomic E-state index is 0.148. The van der Waals surface area contributed by atoms with Gasteiger partial charge in [-0.3, -0.25) is 0 Å². The van der Waals surface area contributed by atoms with E-state index in [-0.39, 0.29) is 17.9 Å². The second kappa shape index (κ2) is 19.2. The van der Waals surface area contributed by atoms with Crippen LogP contribution in [0.2, 0.25) is 0 Å². The van der Waals surface area contributed by atoms with Gasteiger partial charge in [-0.25, -0.2) is 9.59 Å². The van der Waals surface area contributed by atoms with Crippen molar-refractivity contribution in [3.8, 4) is 0 Å². The molecule has 32 heavy (non-hydrogen) atoms. The molecule has 0 aliphatic heterocycles. The molecule has 0 radical (unpaired) electrons. The molecule has 0 N–H and O–H groups in total. The third-order valence-corrected chi connectivity index (χ3v) is 6.52. The van der Waals surface area contributed by atoms with Gasteiger partial charge in [0.25, 0.3) is 0 Å². The van der Waals surface area contributed by atoms with Crippen LogP contribution in [0.3, 0.4) is 0 Å². The third-order valence-electron chi connectivity index (χ3n) is 6.52. The molecule has 0 saturated heterocycles. The lowest BCUT2D eigenvalue weighted by atomic mass is 9.90. The van der Waals surface area contributed by atoms with Gasteiger partial charge in [0.05, 0.1) is 18.8 Å². The first-order valence-electron chi connectivity index (χ1n) is 13.7. The van der Waals surface area contributed by atoms with Crippen LogP contribution in [-0.4, -0.2) is 25.2 Å². The summed E-state index contributed by atoms with van der Waals surface area (Å²) in [5, 5.41) is 0. The Hall–Kier alpha value is -1.32. The van der Waals surface area contributed by atoms with Gasteiger partial charge in [0.1, 0.15) is 0 Å². The summed E-state index contributed by atoms with van der Waals surface area (Å²) in [4.78, 5) is 26.0. The van der Waals surface area contributed by atoms with E-state index in [9.17, 15) is 9.59 Å². The Morgan fingerprint density at radius 2 is 1.09 bits per heavy atom. The van der Waals surface area contributed by atoms with Crippen molar-refractivity contribution in [3.05, 3.63) is 11.1 Å². The van der Waals surface area contributed by atoms with E-state index in [1.807, 2.05) is 0 Å². The van der Waals surface area contributed by atoms with E-state index >= 15 is 0 Å². The standard InChI is InChI=1S/C28H50O4/c1-4-7-9-11-13-17-22-31-27(29)25(19-6-3)26(24-20-15-16-21-24)28(30)32-23-18-14-12-10-8-5-2/h24H,4-23H2,1-3H3/b26-25-. The fraction of sp³-hybridized carbons (Fsp3) is 0.857. The van der Waals surface area contributed by atoms with Gasteiger partial charge in [0.2, 0.25) is 0 Å². The van der Waals surface area contributed by atoms with Crippen LogP contribution < -0.4 is 0 Å². The van der Waals surface area contributed by atoms with Gasteiger partial charge >= 0.3 is 11.9 Å². The highest BCUT2D eigenvalue weighted by molar-refractivity contribution is 6.00. The molecule has 0 unspecified atom stereocenters. The number of carbonyl (C=O) groups is 2. The summed E-state index contributed by atoms with van der Waals surface area (Å²) in [5.74, 6) is -0.417. The van der Waals surface area contributed by atoms with Crippen LogP contribution in [0.5, 0.6) is 0 Å². The van der Waals surface area contributed by atoms with Crippen LogP contribution in [0, 0.1) is 5.92 Å². The lowest BCUT2D eigenvalue weighted by molar-refractivity contribution is -0.143. The molecule has 1 saturated carbocycles. The predicted octanol–water partition coefficient (Wildman–Crippen LogP) is 8.08. The molecule has 1 rings (SSSR count). The summed E-state index contributed by atoms with van der Waals surface area (Å²) < 4.78 is 11.3. The van der Waals surface area contributed by atoms with Crippen LogP contribution in [0.4, 0.5) is 0 Å². The lowest BCUT2D eigenvalue weighted by Gasteiger charge is -2.19. The molecule has 0 spiro atoms. The minimum Gasteiger partial charge on any atom is -0.462 e. The summed E-state index contributed by atoms with van der Waals surface area (Å²) in [6.07, 6.45) is 19.5. The van der Waals surface area contributed by atoms with E-state index in [0.29, 0.717) is 30.8 Å². The van der Waals surface area contributed by atoms with Gasteiger partial charge in [-0.15, -0.1) is 0 Å². The zero-order valence-corrected chi connectivity index (χ0v) is 21.4. The lowest BCUT2D eigenvalue weighted by Crippen LogP contribution is -2.22. The van der Waals surface area contributed by atoms with Crippen molar-refractivity contribution >= 4 is 11.9 Å². The van der Waals surface area contributed by atoms with E-state index in [1.165, 1.54) is 51.4 Å². The summed E-state index contributed by atoms with van der Waals surface area (Å²) in [6, 6.07) is 0. The molecule has 0 aromatic rings. The summed E-state index contributed by atoms with van der Waals surface area (Å²) in [6.45, 7) is 7.38. The highest BCUT2D eigenvalue weighted by atomic mass is 16.5. The van der Waals surface area contributed by atoms with Crippen molar-refractivity contribution in [3.63, 3.8) is 0 Å². The molecule has 0 aromatic carbocycles. The second-order valence-corrected chi connectivity index (χ2v) is 9.43. The maximum absolute atomic E-state index is 13.1. The molecule has 0 amide bonds. The normalized spacial score (nSPS) is 15.0. The molecule has 1 fully saturated rings. The highest BCUT2D eigenvalue weighted by Gasteiger charge is 2.31. The zero-order valence-electron chi connectivity index (χ0n) is 21.4. The molecule has 0 heterocycles. The van der Waals surface area contributed by atoms with E-state index in [2.05, 4.69) is 20.8 Å². The average molecular weight is 451 g/mol. The van der Waals surface area contributed by atoms with Gasteiger partial charge < -0.3 is 9.47 Å². The number of unbranched alkanes of at least 4 members (excludes halogenated alkanes) is 10. The number of rotatable bonds is 19. The Morgan fingerprint density at radius 1 is 0.625 bits per heavy atom. The minimum atomic E-state index is -0.293. The topological polar surface area (TPSA) is 52.6 Å². The van der Waals surface area contributed by atoms with Gasteiger partial charge in [0, 0.05) is 5.57 Å². The summed E-state index contributed by atoms with van der Waals surface area (Å²) in [5.41, 5.74) is 1.21. The first kappa shape index (κ1) is 28.7. The molecule has 0 atom stereocenters. The Morgan fingerprint density at radius 3 is 1.59 bits per heavy atom. The Labute approximate surface area is 197 Å². The third kappa shape index (κ3) is 12.1. The van der Waals surface area contributed by atoms with Crippen LogP contribution in [0.1, 0.15) is 136 Å². The van der Waals surface area contributed by atoms with E-state index in [4.69, 9.17) is 9.47 Å². The number of hydrogen-bond acceptors (Lipinski definition) is 4. The van der Waals surface area contributed by atoms with Crippen LogP contribution >= 0.6 is 0 Å². The first-order valence-corrected chi connectivity index (χ1v) is 13.7. The number of hydrogen-bond donors (Lipinski definition) is 0. The fourth-order valence-electron chi connectivity index (χ4n) is 4.61. The van der Waals surface area contributed by atoms with E-state index < -0.39 is 0 Å². The van der Waals surface area contributed by atoms with Crippen LogP contribution in [-0.2, 0) is 19.1 Å². The van der Waals surface area contributed by atoms with Gasteiger partial charge in [-0.05, 0) is 38.0 Å². The van der Waals surface area contributed by atoms with E-state index in [1.54, 1.807) is 0 Å². The molecule has 0 bridgehead atoms. The first-order chi connectivity index (χ1) is 15.7. The Kier molecular flexibility index (Phi) is 17.2. The molecule has 1 aliphatic rings. The zero-order chi connectivity index (χ0) is 23.4. The van der Waals surface area contributed by atoms with Crippen molar-refractivity contribution in [2.45, 2.75) is 136 Å². The molecule has 4 nitrogen and oxygen atoms in total. The maximum Gasteiger partial charge on any atom is 0.334 e. The molecule has 4 heteroatoms. The largest absolute Gasteiger partial charge is 0.462 e. The maximum atomic E-state index is 13.1. The SMILES string of the molecule is CCCCCCCCOC(=O)/C(CCC)=C(\C(=O)OCCCCCCCC)C1CCCC1. The Bertz CT molecular complexity index is 532. The number of esters is 2. The van der Waals surface area contributed by atoms with E-state index in [0.717, 1.165) is 57.8 Å². The van der Waals surface area contributed by atoms with Crippen molar-refractivity contribution < 1.29 is 19.1 Å². The molecule has 1 aliphatic carbocycles. The molecule has 186 valence electrons. The van der Waals surface area contributed by atoms with Crippen molar-refractivity contribution in [2.24, 2.45) is 5.92 Å². The smallest absolute Gasteiger partial charge is 0.334 e. The van der Waals surface area contributed by atoms with Gasteiger partial charge in [-0.2, -0.15) is 0 Å². The van der Waals surface area contributed by atoms with Crippen LogP contribution in [0.15, 0.2) is 11.1 Å². The van der Waals surface area contributed by atoms with Crippen molar-refractivity contribution in [2.75, 3.05) is 13.2 Å². The predicted molar refractivity (Wildman–Crippen MR) is 133 cm³/mol. The van der Waals surface area contributed by atoms with Crippen LogP contribution in [0.25, 0.3) is 0 Å². The molecular formula is C28H50O4. The fourth-order valence-corrected chi connectivity index (χ4v) is 4.61. The quantitative estimate of drug-likeness (QED) is 0.113.